The Morgan fingerprint density at radius 3 is 2.57 bits per heavy atom. The number of hydrogen-bond acceptors (Lipinski definition) is 7. The largest absolute Gasteiger partial charge is 0.494 e. The average Bonchev–Trinajstić information content (AvgIpc) is 3.26. The van der Waals surface area contributed by atoms with Gasteiger partial charge in [-0.1, -0.05) is 19.8 Å². The Hall–Kier alpha value is -3.06. The molecule has 0 spiro atoms. The minimum Gasteiger partial charge on any atom is -0.494 e. The van der Waals surface area contributed by atoms with Crippen molar-refractivity contribution in [2.75, 3.05) is 26.3 Å². The van der Waals surface area contributed by atoms with Crippen LogP contribution in [0, 0.1) is 0 Å². The van der Waals surface area contributed by atoms with Crippen LogP contribution < -0.4 is 19.6 Å². The van der Waals surface area contributed by atoms with Gasteiger partial charge in [-0.25, -0.2) is 4.98 Å². The zero-order valence-corrected chi connectivity index (χ0v) is 18.4. The van der Waals surface area contributed by atoms with Crippen LogP contribution in [0.3, 0.4) is 0 Å². The van der Waals surface area contributed by atoms with Crippen LogP contribution in [-0.4, -0.2) is 32.0 Å². The summed E-state index contributed by atoms with van der Waals surface area (Å²) in [7, 11) is 3.24. The molecule has 0 aliphatic carbocycles. The van der Waals surface area contributed by atoms with Gasteiger partial charge in [0.1, 0.15) is 5.75 Å². The smallest absolute Gasteiger partial charge is 0.203 e. The molecule has 0 fully saturated rings. The van der Waals surface area contributed by atoms with Crippen molar-refractivity contribution in [1.29, 1.82) is 0 Å². The molecule has 1 aromatic heterocycles. The molecule has 158 valence electrons. The zero-order chi connectivity index (χ0) is 21.2. The molecular formula is C23H27N3O3S. The maximum absolute atomic E-state index is 5.73. The highest BCUT2D eigenvalue weighted by Crippen LogP contribution is 2.33. The summed E-state index contributed by atoms with van der Waals surface area (Å²) in [5, 5.41) is 6.97. The van der Waals surface area contributed by atoms with Crippen LogP contribution in [-0.2, 0) is 0 Å². The number of methoxy groups -OCH3 is 2. The third-order valence-electron chi connectivity index (χ3n) is 4.45. The van der Waals surface area contributed by atoms with E-state index in [0.29, 0.717) is 16.6 Å². The van der Waals surface area contributed by atoms with Crippen LogP contribution >= 0.6 is 11.3 Å². The summed E-state index contributed by atoms with van der Waals surface area (Å²) in [6.07, 6.45) is 5.24. The van der Waals surface area contributed by atoms with E-state index < -0.39 is 0 Å². The first kappa shape index (κ1) is 21.6. The predicted molar refractivity (Wildman–Crippen MR) is 123 cm³/mol. The molecule has 6 nitrogen and oxygen atoms in total. The lowest BCUT2D eigenvalue weighted by Gasteiger charge is -2.08. The molecule has 2 aromatic carbocycles. The number of rotatable bonds is 11. The van der Waals surface area contributed by atoms with E-state index in [1.165, 1.54) is 24.2 Å². The monoisotopic (exact) mass is 425 g/mol. The van der Waals surface area contributed by atoms with E-state index in [4.69, 9.17) is 14.2 Å². The molecule has 0 unspecified atom stereocenters. The minimum atomic E-state index is 0.674. The second-order valence-electron chi connectivity index (χ2n) is 6.60. The lowest BCUT2D eigenvalue weighted by Crippen LogP contribution is -1.97. The summed E-state index contributed by atoms with van der Waals surface area (Å²) >= 11 is 1.49. The summed E-state index contributed by atoms with van der Waals surface area (Å²) in [5.41, 5.74) is 5.78. The third kappa shape index (κ3) is 5.97. The van der Waals surface area contributed by atoms with Crippen molar-refractivity contribution >= 4 is 22.7 Å². The maximum Gasteiger partial charge on any atom is 0.203 e. The van der Waals surface area contributed by atoms with Crippen LogP contribution in [0.1, 0.15) is 31.7 Å². The van der Waals surface area contributed by atoms with Gasteiger partial charge in [0.25, 0.3) is 0 Å². The number of benzene rings is 2. The quantitative estimate of drug-likeness (QED) is 0.237. The summed E-state index contributed by atoms with van der Waals surface area (Å²) in [6, 6.07) is 13.6. The van der Waals surface area contributed by atoms with E-state index in [2.05, 4.69) is 22.4 Å². The van der Waals surface area contributed by atoms with Gasteiger partial charge in [-0.2, -0.15) is 5.10 Å². The molecule has 1 N–H and O–H groups in total. The second kappa shape index (κ2) is 11.2. The number of nitrogens with zero attached hydrogens (tertiary/aromatic N) is 2. The number of unbranched alkanes of at least 4 members (excludes halogenated alkanes) is 2. The summed E-state index contributed by atoms with van der Waals surface area (Å²) < 4.78 is 16.4. The van der Waals surface area contributed by atoms with Gasteiger partial charge in [-0.05, 0) is 54.4 Å². The fourth-order valence-electron chi connectivity index (χ4n) is 2.81. The topological polar surface area (TPSA) is 65.0 Å². The van der Waals surface area contributed by atoms with Crippen molar-refractivity contribution in [3.8, 4) is 28.5 Å². The van der Waals surface area contributed by atoms with Crippen LogP contribution in [0.25, 0.3) is 11.3 Å². The van der Waals surface area contributed by atoms with E-state index in [0.717, 1.165) is 35.6 Å². The Bertz CT molecular complexity index is 955. The minimum absolute atomic E-state index is 0.674. The Kier molecular flexibility index (Phi) is 8.09. The molecule has 7 heteroatoms. The lowest BCUT2D eigenvalue weighted by atomic mass is 10.1. The molecular weight excluding hydrogens is 398 g/mol. The highest BCUT2D eigenvalue weighted by atomic mass is 32.1. The fraction of sp³-hybridized carbons (Fsp3) is 0.304. The highest BCUT2D eigenvalue weighted by Gasteiger charge is 2.09. The van der Waals surface area contributed by atoms with Gasteiger partial charge in [0.2, 0.25) is 5.13 Å². The molecule has 0 saturated carbocycles. The Labute approximate surface area is 181 Å². The molecule has 30 heavy (non-hydrogen) atoms. The van der Waals surface area contributed by atoms with Crippen LogP contribution in [0.5, 0.6) is 17.2 Å². The van der Waals surface area contributed by atoms with Gasteiger partial charge in [0, 0.05) is 10.9 Å². The molecule has 0 amide bonds. The van der Waals surface area contributed by atoms with Gasteiger partial charge in [0.15, 0.2) is 11.5 Å². The fourth-order valence-corrected chi connectivity index (χ4v) is 3.48. The van der Waals surface area contributed by atoms with Crippen molar-refractivity contribution in [3.63, 3.8) is 0 Å². The molecule has 0 saturated heterocycles. The van der Waals surface area contributed by atoms with Gasteiger partial charge in [-0.15, -0.1) is 11.3 Å². The third-order valence-corrected chi connectivity index (χ3v) is 5.20. The predicted octanol–water partition coefficient (Wildman–Crippen LogP) is 5.84. The van der Waals surface area contributed by atoms with E-state index in [9.17, 15) is 0 Å². The SMILES string of the molecule is CCCCCOc1ccc(/C=N\Nc2nc(-c3ccc(OC)c(OC)c3)cs2)cc1. The van der Waals surface area contributed by atoms with E-state index >= 15 is 0 Å². The number of aromatic nitrogens is 1. The summed E-state index contributed by atoms with van der Waals surface area (Å²) in [5.74, 6) is 2.25. The first-order valence-corrected chi connectivity index (χ1v) is 10.8. The molecule has 1 heterocycles. The first-order valence-electron chi connectivity index (χ1n) is 9.93. The van der Waals surface area contributed by atoms with Gasteiger partial charge in [0.05, 0.1) is 32.7 Å². The number of thiazole rings is 1. The van der Waals surface area contributed by atoms with E-state index in [-0.39, 0.29) is 0 Å². The second-order valence-corrected chi connectivity index (χ2v) is 7.46. The van der Waals surface area contributed by atoms with Gasteiger partial charge < -0.3 is 14.2 Å². The first-order chi connectivity index (χ1) is 14.7. The number of nitrogens with one attached hydrogen (secondary N) is 1. The molecule has 3 aromatic rings. The number of anilines is 1. The Morgan fingerprint density at radius 2 is 1.83 bits per heavy atom. The van der Waals surface area contributed by atoms with Crippen molar-refractivity contribution in [2.24, 2.45) is 5.10 Å². The molecule has 0 atom stereocenters. The normalized spacial score (nSPS) is 10.9. The molecule has 0 aliphatic rings. The zero-order valence-electron chi connectivity index (χ0n) is 17.6. The number of ether oxygens (including phenoxy) is 3. The van der Waals surface area contributed by atoms with E-state index in [1.807, 2.05) is 47.8 Å². The van der Waals surface area contributed by atoms with Crippen molar-refractivity contribution in [2.45, 2.75) is 26.2 Å². The molecule has 3 rings (SSSR count). The van der Waals surface area contributed by atoms with Crippen LogP contribution in [0.2, 0.25) is 0 Å². The Balaban J connectivity index is 1.55. The van der Waals surface area contributed by atoms with Crippen LogP contribution in [0.15, 0.2) is 52.9 Å². The van der Waals surface area contributed by atoms with Crippen molar-refractivity contribution < 1.29 is 14.2 Å². The van der Waals surface area contributed by atoms with Crippen molar-refractivity contribution in [1.82, 2.24) is 4.98 Å². The average molecular weight is 426 g/mol. The molecule has 0 bridgehead atoms. The molecule has 0 aliphatic heterocycles. The number of hydrogen-bond donors (Lipinski definition) is 1. The van der Waals surface area contributed by atoms with Crippen molar-refractivity contribution in [3.05, 3.63) is 53.4 Å². The molecule has 0 radical (unpaired) electrons. The standard InChI is InChI=1S/C23H27N3O3S/c1-4-5-6-13-29-19-10-7-17(8-11-19)15-24-26-23-25-20(16-30-23)18-9-12-21(27-2)22(14-18)28-3/h7-12,14-16H,4-6,13H2,1-3H3,(H,25,26)/b24-15-. The maximum atomic E-state index is 5.73. The number of hydrazone groups is 1. The van der Waals surface area contributed by atoms with Gasteiger partial charge in [-0.3, -0.25) is 5.43 Å². The van der Waals surface area contributed by atoms with E-state index in [1.54, 1.807) is 20.4 Å². The highest BCUT2D eigenvalue weighted by molar-refractivity contribution is 7.14. The summed E-state index contributed by atoms with van der Waals surface area (Å²) in [6.45, 7) is 2.94. The lowest BCUT2D eigenvalue weighted by molar-refractivity contribution is 0.306. The van der Waals surface area contributed by atoms with Crippen LogP contribution in [0.4, 0.5) is 5.13 Å². The summed E-state index contributed by atoms with van der Waals surface area (Å²) in [4.78, 5) is 4.58. The Morgan fingerprint density at radius 1 is 1.03 bits per heavy atom. The van der Waals surface area contributed by atoms with Gasteiger partial charge >= 0.3 is 0 Å².